The molecular weight excluding hydrogens is 533 g/mol. The molecule has 3 N–H and O–H groups in total. The van der Waals surface area contributed by atoms with Crippen LogP contribution in [0.15, 0.2) is 63.4 Å². The van der Waals surface area contributed by atoms with Gasteiger partial charge in [0, 0.05) is 0 Å². The zero-order valence-electron chi connectivity index (χ0n) is 21.2. The summed E-state index contributed by atoms with van der Waals surface area (Å²) < 4.78 is 19.7. The zero-order chi connectivity index (χ0) is 24.5. The van der Waals surface area contributed by atoms with Crippen LogP contribution in [0.4, 0.5) is 10.2 Å². The Balaban J connectivity index is 1.45. The van der Waals surface area contributed by atoms with Gasteiger partial charge in [0.2, 0.25) is 0 Å². The molecule has 2 heterocycles. The third-order valence-electron chi connectivity index (χ3n) is 7.13. The van der Waals surface area contributed by atoms with Gasteiger partial charge in [0.05, 0.1) is 0 Å². The minimum absolute atomic E-state index is 0.00581. The van der Waals surface area contributed by atoms with E-state index in [0.717, 1.165) is 25.1 Å². The Morgan fingerprint density at radius 2 is 2.09 bits per heavy atom. The molecule has 0 aromatic carbocycles. The summed E-state index contributed by atoms with van der Waals surface area (Å²) in [5.41, 5.74) is 4.58. The van der Waals surface area contributed by atoms with E-state index in [-0.39, 0.29) is 11.3 Å². The van der Waals surface area contributed by atoms with E-state index >= 15 is 4.39 Å². The van der Waals surface area contributed by atoms with Crippen molar-refractivity contribution in [3.8, 4) is 0 Å². The van der Waals surface area contributed by atoms with Gasteiger partial charge in [-0.15, -0.1) is 0 Å². The van der Waals surface area contributed by atoms with E-state index in [0.29, 0.717) is 29.3 Å². The van der Waals surface area contributed by atoms with Crippen molar-refractivity contribution in [2.45, 2.75) is 66.0 Å². The summed E-state index contributed by atoms with van der Waals surface area (Å²) in [6.07, 6.45) is 13.2. The maximum Gasteiger partial charge on any atom is -0.0132 e. The van der Waals surface area contributed by atoms with Gasteiger partial charge < -0.3 is 0 Å². The topological polar surface area (TPSA) is 52.7 Å². The second-order valence-corrected chi connectivity index (χ2v) is 14.2. The number of halogens is 1. The molecule has 183 valence electrons. The Labute approximate surface area is 215 Å². The first-order chi connectivity index (χ1) is 16.2. The second kappa shape index (κ2) is 10.6. The first-order valence-electron chi connectivity index (χ1n) is 12.5. The van der Waals surface area contributed by atoms with Crippen molar-refractivity contribution in [2.24, 2.45) is 23.2 Å². The van der Waals surface area contributed by atoms with Crippen LogP contribution in [0.2, 0.25) is 0 Å². The Morgan fingerprint density at radius 3 is 2.79 bits per heavy atom. The summed E-state index contributed by atoms with van der Waals surface area (Å²) in [5, 5.41) is 11.0. The maximum atomic E-state index is 15.0. The van der Waals surface area contributed by atoms with Crippen molar-refractivity contribution >= 4 is 27.7 Å². The van der Waals surface area contributed by atoms with Gasteiger partial charge in [-0.05, 0) is 16.9 Å². The van der Waals surface area contributed by atoms with Gasteiger partial charge in [-0.2, -0.15) is 0 Å². The fraction of sp³-hybridized carbons (Fsp3) is 0.536. The van der Waals surface area contributed by atoms with Gasteiger partial charge in [-0.1, -0.05) is 59.4 Å². The molecule has 34 heavy (non-hydrogen) atoms. The smallest absolute Gasteiger partial charge is 0.0132 e. The van der Waals surface area contributed by atoms with Gasteiger partial charge >= 0.3 is 140 Å². The fourth-order valence-electron chi connectivity index (χ4n) is 5.20. The van der Waals surface area contributed by atoms with E-state index in [9.17, 15) is 0 Å². The molecule has 2 fully saturated rings. The summed E-state index contributed by atoms with van der Waals surface area (Å²) in [7, 11) is 0. The molecule has 4 rings (SSSR count). The normalized spacial score (nSPS) is 28.1. The van der Waals surface area contributed by atoms with Gasteiger partial charge in [-0.25, -0.2) is 0 Å². The molecule has 1 aromatic rings. The summed E-state index contributed by atoms with van der Waals surface area (Å²) in [4.78, 5) is 0. The summed E-state index contributed by atoms with van der Waals surface area (Å²) in [6, 6.07) is 2.08. The monoisotopic (exact) mass is 571 g/mol. The number of hydrogen-bond donors (Lipinski definition) is 3. The molecule has 0 amide bonds. The predicted molar refractivity (Wildman–Crippen MR) is 141 cm³/mol. The summed E-state index contributed by atoms with van der Waals surface area (Å²) in [5.74, 6) is 2.20. The van der Waals surface area contributed by atoms with Crippen molar-refractivity contribution in [2.75, 3.05) is 11.9 Å². The molecule has 6 heteroatoms. The minimum Gasteiger partial charge on any atom is -0.0561 e. The number of alkyl halides is 1. The van der Waals surface area contributed by atoms with E-state index in [4.69, 9.17) is 0 Å². The van der Waals surface area contributed by atoms with Crippen LogP contribution in [-0.4, -0.2) is 44.8 Å². The molecule has 2 aliphatic carbocycles. The molecule has 0 spiro atoms. The van der Waals surface area contributed by atoms with Crippen LogP contribution in [0, 0.1) is 23.2 Å². The quantitative estimate of drug-likeness (QED) is 0.262. The molecular formula is C28H39FN4Sb. The number of nitrogens with zero attached hydrogens (tertiary/aromatic N) is 1. The van der Waals surface area contributed by atoms with Crippen LogP contribution < -0.4 is 8.79 Å². The number of fused-ring (bicyclic) bond motifs is 1. The Hall–Kier alpha value is -1.58. The molecule has 4 unspecified atom stereocenters. The SMILES string of the molecule is C=C/C(=C\C(=C/C(C)C)C1CCC(c2cc(NC3=CC=[C]4[Sb][NH]CC4C3F)n[nH]2)C1)C(C)(C)C. The Bertz CT molecular complexity index is 1020. The summed E-state index contributed by atoms with van der Waals surface area (Å²) >= 11 is -0.554. The van der Waals surface area contributed by atoms with Crippen LogP contribution in [0.1, 0.15) is 65.5 Å². The third kappa shape index (κ3) is 5.79. The van der Waals surface area contributed by atoms with Gasteiger partial charge in [0.15, 0.2) is 0 Å². The number of allylic oxidation sites excluding steroid dienone is 8. The molecule has 0 bridgehead atoms. The van der Waals surface area contributed by atoms with E-state index in [1.165, 1.54) is 21.1 Å². The zero-order valence-corrected chi connectivity index (χ0v) is 23.7. The molecule has 1 aromatic heterocycles. The van der Waals surface area contributed by atoms with E-state index in [1.54, 1.807) is 0 Å². The molecule has 1 aliphatic heterocycles. The van der Waals surface area contributed by atoms with E-state index < -0.39 is 28.1 Å². The van der Waals surface area contributed by atoms with E-state index in [1.807, 2.05) is 12.2 Å². The molecule has 4 nitrogen and oxygen atoms in total. The average Bonchev–Trinajstić information content (AvgIpc) is 3.52. The molecule has 4 atom stereocenters. The number of nitrogens with one attached hydrogen (secondary N) is 3. The predicted octanol–water partition coefficient (Wildman–Crippen LogP) is 6.40. The Kier molecular flexibility index (Phi) is 7.94. The number of H-pyrrole nitrogens is 1. The van der Waals surface area contributed by atoms with Crippen molar-refractivity contribution in [3.63, 3.8) is 0 Å². The van der Waals surface area contributed by atoms with Crippen molar-refractivity contribution < 1.29 is 4.39 Å². The second-order valence-electron chi connectivity index (χ2n) is 11.2. The molecule has 1 saturated heterocycles. The molecule has 1 saturated carbocycles. The van der Waals surface area contributed by atoms with Crippen molar-refractivity contribution in [3.05, 3.63) is 69.1 Å². The minimum atomic E-state index is -0.973. The maximum absolute atomic E-state index is 15.0. The van der Waals surface area contributed by atoms with Gasteiger partial charge in [0.25, 0.3) is 0 Å². The first kappa shape index (κ1) is 25.5. The summed E-state index contributed by atoms with van der Waals surface area (Å²) in [6.45, 7) is 16.1. The van der Waals surface area contributed by atoms with Crippen LogP contribution in [0.25, 0.3) is 0 Å². The Morgan fingerprint density at radius 1 is 1.29 bits per heavy atom. The third-order valence-corrected chi connectivity index (χ3v) is 10.2. The number of rotatable bonds is 7. The van der Waals surface area contributed by atoms with Crippen molar-refractivity contribution in [1.82, 2.24) is 13.7 Å². The van der Waals surface area contributed by atoms with Crippen LogP contribution in [0.3, 0.4) is 0 Å². The molecule has 3 aliphatic rings. The standard InChI is InChI=1S/C28H39FN4.Sb/c1-7-23(28(4,5)6)15-22(13-18(2)3)19-11-12-20(14-19)25-16-26(33-32-25)31-24-10-8-9-21(17-30)27(24)29;/h7-8,10,13,15-16,18-21,27,30H,1,11-12,14,17H2,2-6H3,(H2,31,32,33);/q-1;+1/b22-13+,23-15+;. The largest absolute Gasteiger partial charge is 0.0561 e. The molecule has 1 radical (unpaired) electrons. The van der Waals surface area contributed by atoms with Crippen LogP contribution >= 0.6 is 0 Å². The number of anilines is 1. The van der Waals surface area contributed by atoms with Gasteiger partial charge in [0.1, 0.15) is 0 Å². The average molecular weight is 572 g/mol. The number of hydrogen-bond acceptors (Lipinski definition) is 3. The van der Waals surface area contributed by atoms with Crippen LogP contribution in [-0.2, 0) is 0 Å². The first-order valence-corrected chi connectivity index (χ1v) is 15.1. The number of aromatic nitrogens is 2. The fourth-order valence-corrected chi connectivity index (χ4v) is 8.08. The van der Waals surface area contributed by atoms with E-state index in [2.05, 4.69) is 84.5 Å². The van der Waals surface area contributed by atoms with Crippen molar-refractivity contribution in [1.29, 1.82) is 0 Å². The van der Waals surface area contributed by atoms with Crippen LogP contribution in [0.5, 0.6) is 0 Å². The number of aromatic amines is 1. The van der Waals surface area contributed by atoms with Gasteiger partial charge in [-0.3, -0.25) is 0 Å².